The maximum Gasteiger partial charge on any atom is 0.304 e. The lowest BCUT2D eigenvalue weighted by atomic mass is 10.5. The fourth-order valence-corrected chi connectivity index (χ4v) is 0.615. The molecule has 0 radical (unpaired) electrons. The molecule has 0 saturated heterocycles. The van der Waals surface area contributed by atoms with Gasteiger partial charge in [-0.05, 0) is 0 Å². The number of rotatable bonds is 4. The van der Waals surface area contributed by atoms with Crippen molar-refractivity contribution in [2.45, 2.75) is 6.42 Å². The van der Waals surface area contributed by atoms with Gasteiger partial charge in [0.2, 0.25) is 0 Å². The minimum absolute atomic E-state index is 0.139. The van der Waals surface area contributed by atoms with Crippen LogP contribution in [0.1, 0.15) is 6.42 Å². The Kier molecular flexibility index (Phi) is 4.35. The Hall–Kier alpha value is -0.510. The van der Waals surface area contributed by atoms with Gasteiger partial charge in [-0.2, -0.15) is 0 Å². The van der Waals surface area contributed by atoms with E-state index in [-0.39, 0.29) is 6.42 Å². The molecular weight excluding hydrogens is 126 g/mol. The summed E-state index contributed by atoms with van der Waals surface area (Å²) in [6.45, 7) is 0. The molecule has 0 aromatic rings. The van der Waals surface area contributed by atoms with Crippen LogP contribution >= 0.6 is 11.8 Å². The highest BCUT2D eigenvalue weighted by Crippen LogP contribution is 1.95. The van der Waals surface area contributed by atoms with E-state index in [1.165, 1.54) is 11.8 Å². The van der Waals surface area contributed by atoms with Crippen molar-refractivity contribution < 1.29 is 9.90 Å². The van der Waals surface area contributed by atoms with E-state index >= 15 is 0 Å². The Morgan fingerprint density at radius 2 is 2.50 bits per heavy atom. The van der Waals surface area contributed by atoms with Crippen LogP contribution in [0.2, 0.25) is 0 Å². The van der Waals surface area contributed by atoms with Gasteiger partial charge in [0.15, 0.2) is 0 Å². The fraction of sp³-hybridized carbons (Fsp3) is 0.500. The Balaban J connectivity index is 2.93. The second kappa shape index (κ2) is 4.64. The third-order valence-electron chi connectivity index (χ3n) is 0.517. The summed E-state index contributed by atoms with van der Waals surface area (Å²) in [5.74, 6) is -0.307. The minimum Gasteiger partial charge on any atom is -0.481 e. The summed E-state index contributed by atoms with van der Waals surface area (Å²) in [4.78, 5) is 9.79. The van der Waals surface area contributed by atoms with E-state index in [4.69, 9.17) is 10.5 Å². The maximum absolute atomic E-state index is 9.79. The third-order valence-corrected chi connectivity index (χ3v) is 1.12. The van der Waals surface area contributed by atoms with Crippen LogP contribution in [0.5, 0.6) is 0 Å². The van der Waals surface area contributed by atoms with Gasteiger partial charge in [-0.3, -0.25) is 4.79 Å². The second-order valence-corrected chi connectivity index (χ2v) is 2.11. The van der Waals surface area contributed by atoms with E-state index in [0.717, 1.165) is 5.55 Å². The van der Waals surface area contributed by atoms with Crippen LogP contribution in [-0.4, -0.2) is 22.4 Å². The molecule has 0 spiro atoms. The first kappa shape index (κ1) is 7.49. The molecule has 4 heteroatoms. The average molecular weight is 133 g/mol. The molecule has 0 unspecified atom stereocenters. The number of hydrogen-bond donors (Lipinski definition) is 2. The van der Waals surface area contributed by atoms with Gasteiger partial charge in [-0.25, -0.2) is 0 Å². The molecule has 0 aromatic heterocycles. The number of nitrogens with one attached hydrogen (secondary N) is 1. The molecule has 3 nitrogen and oxygen atoms in total. The van der Waals surface area contributed by atoms with Crippen molar-refractivity contribution in [2.24, 2.45) is 0 Å². The van der Waals surface area contributed by atoms with Crippen LogP contribution in [0.25, 0.3) is 0 Å². The monoisotopic (exact) mass is 133 g/mol. The Morgan fingerprint density at radius 1 is 1.88 bits per heavy atom. The number of aliphatic carboxylic acids is 1. The lowest BCUT2D eigenvalue weighted by molar-refractivity contribution is -0.136. The minimum atomic E-state index is -0.806. The van der Waals surface area contributed by atoms with Crippen LogP contribution in [0.15, 0.2) is 0 Å². The molecule has 0 bridgehead atoms. The molecule has 0 rings (SSSR count). The van der Waals surface area contributed by atoms with Crippen LogP contribution in [0, 0.1) is 5.41 Å². The molecule has 0 saturated carbocycles. The van der Waals surface area contributed by atoms with Crippen molar-refractivity contribution in [1.29, 1.82) is 5.41 Å². The quantitative estimate of drug-likeness (QED) is 0.339. The Bertz CT molecular complexity index is 94.0. The van der Waals surface area contributed by atoms with Crippen LogP contribution in [0.3, 0.4) is 0 Å². The predicted octanol–water partition coefficient (Wildman–Crippen LogP) is 0.801. The molecule has 0 atom stereocenters. The number of hydrogen-bond acceptors (Lipinski definition) is 3. The van der Waals surface area contributed by atoms with Gasteiger partial charge in [0.25, 0.3) is 0 Å². The molecule has 8 heavy (non-hydrogen) atoms. The van der Waals surface area contributed by atoms with Gasteiger partial charge >= 0.3 is 5.97 Å². The van der Waals surface area contributed by atoms with E-state index in [1.807, 2.05) is 0 Å². The molecule has 0 amide bonds. The standard InChI is InChI=1S/C4H7NO2S/c5-3-8-2-1-4(6)7/h3,5H,1-2H2,(H,6,7). The van der Waals surface area contributed by atoms with Crippen molar-refractivity contribution in [2.75, 3.05) is 5.75 Å². The molecular formula is C4H7NO2S. The number of carboxylic acid groups (broad SMARTS) is 1. The van der Waals surface area contributed by atoms with E-state index in [9.17, 15) is 4.79 Å². The zero-order valence-electron chi connectivity index (χ0n) is 4.26. The molecule has 0 fully saturated rings. The molecule has 2 N–H and O–H groups in total. The summed E-state index contributed by atoms with van der Waals surface area (Å²) >= 11 is 1.20. The molecule has 0 aliphatic heterocycles. The summed E-state index contributed by atoms with van der Waals surface area (Å²) in [5.41, 5.74) is 1.14. The number of thioether (sulfide) groups is 1. The van der Waals surface area contributed by atoms with E-state index in [2.05, 4.69) is 0 Å². The predicted molar refractivity (Wildman–Crippen MR) is 33.5 cm³/mol. The van der Waals surface area contributed by atoms with Crippen molar-refractivity contribution in [3.63, 3.8) is 0 Å². The van der Waals surface area contributed by atoms with Gasteiger partial charge in [0.05, 0.1) is 12.0 Å². The van der Waals surface area contributed by atoms with Crippen LogP contribution in [-0.2, 0) is 4.79 Å². The van der Waals surface area contributed by atoms with E-state index in [1.54, 1.807) is 0 Å². The highest BCUT2D eigenvalue weighted by Gasteiger charge is 1.92. The second-order valence-electron chi connectivity index (χ2n) is 1.13. The van der Waals surface area contributed by atoms with Crippen LogP contribution in [0.4, 0.5) is 0 Å². The highest BCUT2D eigenvalue weighted by atomic mass is 32.2. The first-order chi connectivity index (χ1) is 3.77. The Morgan fingerprint density at radius 3 is 2.88 bits per heavy atom. The first-order valence-electron chi connectivity index (χ1n) is 2.09. The lowest BCUT2D eigenvalue weighted by Gasteiger charge is -1.86. The molecule has 0 aliphatic carbocycles. The van der Waals surface area contributed by atoms with Gasteiger partial charge in [-0.15, -0.1) is 11.8 Å². The number of carboxylic acids is 1. The largest absolute Gasteiger partial charge is 0.481 e. The van der Waals surface area contributed by atoms with Crippen molar-refractivity contribution in [1.82, 2.24) is 0 Å². The Labute approximate surface area is 51.6 Å². The maximum atomic E-state index is 9.79. The topological polar surface area (TPSA) is 61.2 Å². The molecule has 46 valence electrons. The van der Waals surface area contributed by atoms with E-state index in [0.29, 0.717) is 5.75 Å². The average Bonchev–Trinajstić information content (AvgIpc) is 1.66. The summed E-state index contributed by atoms with van der Waals surface area (Å²) in [5, 5.41) is 14.5. The summed E-state index contributed by atoms with van der Waals surface area (Å²) < 4.78 is 0. The highest BCUT2D eigenvalue weighted by molar-refractivity contribution is 8.11. The van der Waals surface area contributed by atoms with Crippen molar-refractivity contribution >= 4 is 23.3 Å². The molecule has 0 aliphatic rings. The molecule has 0 aromatic carbocycles. The SMILES string of the molecule is N=CSCCC(=O)O. The van der Waals surface area contributed by atoms with Gasteiger partial charge in [0, 0.05) is 5.75 Å². The normalized spacial score (nSPS) is 8.50. The fourth-order valence-electron chi connectivity index (χ4n) is 0.205. The lowest BCUT2D eigenvalue weighted by Crippen LogP contribution is -1.95. The zero-order valence-corrected chi connectivity index (χ0v) is 5.07. The zero-order chi connectivity index (χ0) is 6.41. The number of carbonyl (C=O) groups is 1. The van der Waals surface area contributed by atoms with Gasteiger partial charge in [0.1, 0.15) is 0 Å². The smallest absolute Gasteiger partial charge is 0.304 e. The summed E-state index contributed by atoms with van der Waals surface area (Å²) in [7, 11) is 0. The van der Waals surface area contributed by atoms with Gasteiger partial charge in [-0.1, -0.05) is 0 Å². The third kappa shape index (κ3) is 5.49. The van der Waals surface area contributed by atoms with Crippen molar-refractivity contribution in [3.8, 4) is 0 Å². The first-order valence-corrected chi connectivity index (χ1v) is 3.14. The van der Waals surface area contributed by atoms with E-state index < -0.39 is 5.97 Å². The molecule has 0 heterocycles. The van der Waals surface area contributed by atoms with Crippen LogP contribution < -0.4 is 0 Å². The van der Waals surface area contributed by atoms with Crippen molar-refractivity contribution in [3.05, 3.63) is 0 Å². The summed E-state index contributed by atoms with van der Waals surface area (Å²) in [6, 6.07) is 0. The van der Waals surface area contributed by atoms with Gasteiger partial charge < -0.3 is 10.5 Å². The summed E-state index contributed by atoms with van der Waals surface area (Å²) in [6.07, 6.45) is 0.139.